The summed E-state index contributed by atoms with van der Waals surface area (Å²) >= 11 is 0. The normalized spacial score (nSPS) is 20.6. The van der Waals surface area contributed by atoms with Crippen LogP contribution >= 0.6 is 0 Å². The molecule has 1 aromatic carbocycles. The van der Waals surface area contributed by atoms with Crippen molar-refractivity contribution in [1.29, 1.82) is 5.26 Å². The van der Waals surface area contributed by atoms with Gasteiger partial charge in [0.15, 0.2) is 0 Å². The number of nitrogens with zero attached hydrogens (tertiary/aromatic N) is 2. The van der Waals surface area contributed by atoms with E-state index < -0.39 is 6.10 Å². The maximum atomic E-state index is 10.4. The summed E-state index contributed by atoms with van der Waals surface area (Å²) in [6.07, 6.45) is -0.545. The minimum atomic E-state index is -0.545. The molecule has 1 fully saturated rings. The van der Waals surface area contributed by atoms with Gasteiger partial charge in [0.1, 0.15) is 0 Å². The number of nitriles is 1. The molecule has 1 aliphatic heterocycles. The first-order valence-corrected chi connectivity index (χ1v) is 9.62. The van der Waals surface area contributed by atoms with Crippen LogP contribution in [0.5, 0.6) is 0 Å². The van der Waals surface area contributed by atoms with Crippen LogP contribution in [0, 0.1) is 23.2 Å². The van der Waals surface area contributed by atoms with Crippen molar-refractivity contribution >= 4 is 0 Å². The van der Waals surface area contributed by atoms with Crippen molar-refractivity contribution in [2.45, 2.75) is 47.6 Å². The topological polar surface area (TPSA) is 56.5 Å². The standard InChI is InChI=1S/C17H24N2O2.2C2H6/c1-3-21-12-16-10-19(9-13(16)2)11-17(20)15-6-4-5-14(7-15)8-18;2*1-2/h4-7,13,16-17,20H,3,9-12H2,1-2H3;2*1-2H3. The zero-order valence-electron chi connectivity index (χ0n) is 16.8. The van der Waals surface area contributed by atoms with Crippen molar-refractivity contribution in [2.24, 2.45) is 11.8 Å². The molecule has 0 aromatic heterocycles. The highest BCUT2D eigenvalue weighted by Gasteiger charge is 2.30. The monoisotopic (exact) mass is 348 g/mol. The van der Waals surface area contributed by atoms with E-state index in [2.05, 4.69) is 17.9 Å². The summed E-state index contributed by atoms with van der Waals surface area (Å²) in [5.41, 5.74) is 1.41. The Labute approximate surface area is 154 Å². The Hall–Kier alpha value is -1.41. The van der Waals surface area contributed by atoms with Gasteiger partial charge in [-0.15, -0.1) is 0 Å². The summed E-state index contributed by atoms with van der Waals surface area (Å²) in [5, 5.41) is 19.3. The van der Waals surface area contributed by atoms with E-state index in [4.69, 9.17) is 10.00 Å². The van der Waals surface area contributed by atoms with Crippen molar-refractivity contribution in [3.05, 3.63) is 35.4 Å². The highest BCUT2D eigenvalue weighted by Crippen LogP contribution is 2.25. The lowest BCUT2D eigenvalue weighted by molar-refractivity contribution is 0.0951. The van der Waals surface area contributed by atoms with Crippen molar-refractivity contribution in [1.82, 2.24) is 4.90 Å². The number of aliphatic hydroxyl groups excluding tert-OH is 1. The molecule has 0 bridgehead atoms. The molecule has 0 spiro atoms. The first-order valence-electron chi connectivity index (χ1n) is 9.62. The molecule has 0 radical (unpaired) electrons. The maximum absolute atomic E-state index is 10.4. The largest absolute Gasteiger partial charge is 0.387 e. The molecule has 0 aliphatic carbocycles. The molecule has 0 amide bonds. The second-order valence-electron chi connectivity index (χ2n) is 5.87. The minimum Gasteiger partial charge on any atom is -0.387 e. The number of likely N-dealkylation sites (tertiary alicyclic amines) is 1. The van der Waals surface area contributed by atoms with Crippen molar-refractivity contribution in [2.75, 3.05) is 32.8 Å². The summed E-state index contributed by atoms with van der Waals surface area (Å²) < 4.78 is 5.53. The first kappa shape index (κ1) is 23.6. The average molecular weight is 349 g/mol. The molecule has 4 heteroatoms. The van der Waals surface area contributed by atoms with Gasteiger partial charge in [-0.25, -0.2) is 0 Å². The lowest BCUT2D eigenvalue weighted by Crippen LogP contribution is -2.27. The Bertz CT molecular complexity index is 499. The number of ether oxygens (including phenoxy) is 1. The van der Waals surface area contributed by atoms with E-state index in [0.29, 0.717) is 23.9 Å². The van der Waals surface area contributed by atoms with Crippen molar-refractivity contribution < 1.29 is 9.84 Å². The van der Waals surface area contributed by atoms with Crippen LogP contribution in [0.15, 0.2) is 24.3 Å². The molecule has 1 aromatic rings. The van der Waals surface area contributed by atoms with Gasteiger partial charge in [0.2, 0.25) is 0 Å². The molecule has 142 valence electrons. The number of β-amino-alcohol motifs (C(OH)–C–C–N with tert-alkyl or cyclic N) is 1. The van der Waals surface area contributed by atoms with Crippen LogP contribution in [0.2, 0.25) is 0 Å². The third kappa shape index (κ3) is 8.00. The predicted molar refractivity (Wildman–Crippen MR) is 104 cm³/mol. The molecule has 2 rings (SSSR count). The van der Waals surface area contributed by atoms with Gasteiger partial charge < -0.3 is 9.84 Å². The van der Waals surface area contributed by atoms with Crippen LogP contribution in [0.4, 0.5) is 0 Å². The highest BCUT2D eigenvalue weighted by molar-refractivity contribution is 5.33. The van der Waals surface area contributed by atoms with E-state index >= 15 is 0 Å². The fraction of sp³-hybridized carbons (Fsp3) is 0.667. The second kappa shape index (κ2) is 13.8. The molecule has 1 N–H and O–H groups in total. The Morgan fingerprint density at radius 1 is 1.28 bits per heavy atom. The molecule has 4 nitrogen and oxygen atoms in total. The van der Waals surface area contributed by atoms with Gasteiger partial charge in [0, 0.05) is 26.2 Å². The van der Waals surface area contributed by atoms with Gasteiger partial charge in [-0.1, -0.05) is 46.8 Å². The predicted octanol–water partition coefficient (Wildman–Crippen LogP) is 4.25. The number of hydrogen-bond donors (Lipinski definition) is 1. The lowest BCUT2D eigenvalue weighted by Gasteiger charge is -2.20. The molecule has 0 saturated carbocycles. The summed E-state index contributed by atoms with van der Waals surface area (Å²) in [5.74, 6) is 1.14. The SMILES string of the molecule is CC.CC.CCOCC1CN(CC(O)c2cccc(C#N)c2)CC1C. The van der Waals surface area contributed by atoms with Gasteiger partial charge >= 0.3 is 0 Å². The van der Waals surface area contributed by atoms with Crippen LogP contribution in [0.1, 0.15) is 58.8 Å². The first-order chi connectivity index (χ1) is 12.1. The van der Waals surface area contributed by atoms with Crippen molar-refractivity contribution in [3.8, 4) is 6.07 Å². The number of benzene rings is 1. The molecule has 1 saturated heterocycles. The number of hydrogen-bond acceptors (Lipinski definition) is 4. The Morgan fingerprint density at radius 2 is 1.96 bits per heavy atom. The molecule has 3 atom stereocenters. The molecule has 3 unspecified atom stereocenters. The van der Waals surface area contributed by atoms with E-state index in [1.165, 1.54) is 0 Å². The van der Waals surface area contributed by atoms with Crippen LogP contribution in [0.25, 0.3) is 0 Å². The Balaban J connectivity index is 0.00000134. The van der Waals surface area contributed by atoms with E-state index in [9.17, 15) is 5.11 Å². The summed E-state index contributed by atoms with van der Waals surface area (Å²) in [6.45, 7) is 16.4. The number of rotatable bonds is 6. The second-order valence-corrected chi connectivity index (χ2v) is 5.87. The molecule has 25 heavy (non-hydrogen) atoms. The lowest BCUT2D eigenvalue weighted by atomic mass is 9.99. The fourth-order valence-corrected chi connectivity index (χ4v) is 2.94. The molecular weight excluding hydrogens is 312 g/mol. The summed E-state index contributed by atoms with van der Waals surface area (Å²) in [6, 6.07) is 9.33. The van der Waals surface area contributed by atoms with Crippen LogP contribution < -0.4 is 0 Å². The highest BCUT2D eigenvalue weighted by atomic mass is 16.5. The van der Waals surface area contributed by atoms with E-state index in [0.717, 1.165) is 31.9 Å². The van der Waals surface area contributed by atoms with Gasteiger partial charge in [-0.05, 0) is 36.5 Å². The van der Waals surface area contributed by atoms with Crippen molar-refractivity contribution in [3.63, 3.8) is 0 Å². The third-order valence-electron chi connectivity index (χ3n) is 4.21. The summed E-state index contributed by atoms with van der Waals surface area (Å²) in [7, 11) is 0. The van der Waals surface area contributed by atoms with E-state index in [1.54, 1.807) is 12.1 Å². The quantitative estimate of drug-likeness (QED) is 0.835. The average Bonchev–Trinajstić information content (AvgIpc) is 3.02. The Kier molecular flexibility index (Phi) is 13.1. The zero-order valence-corrected chi connectivity index (χ0v) is 16.8. The smallest absolute Gasteiger partial charge is 0.0991 e. The van der Waals surface area contributed by atoms with Gasteiger partial charge in [0.25, 0.3) is 0 Å². The van der Waals surface area contributed by atoms with E-state index in [-0.39, 0.29) is 0 Å². The molecule has 1 heterocycles. The minimum absolute atomic E-state index is 0.544. The van der Waals surface area contributed by atoms with Gasteiger partial charge in [0.05, 0.1) is 24.3 Å². The number of aliphatic hydroxyl groups is 1. The van der Waals surface area contributed by atoms with Gasteiger partial charge in [-0.2, -0.15) is 5.26 Å². The summed E-state index contributed by atoms with van der Waals surface area (Å²) in [4.78, 5) is 2.29. The van der Waals surface area contributed by atoms with Gasteiger partial charge in [-0.3, -0.25) is 4.90 Å². The third-order valence-corrected chi connectivity index (χ3v) is 4.21. The van der Waals surface area contributed by atoms with Crippen LogP contribution in [-0.4, -0.2) is 42.9 Å². The van der Waals surface area contributed by atoms with E-state index in [1.807, 2.05) is 46.8 Å². The Morgan fingerprint density at radius 3 is 2.56 bits per heavy atom. The molecule has 1 aliphatic rings. The van der Waals surface area contributed by atoms with Crippen LogP contribution in [0.3, 0.4) is 0 Å². The van der Waals surface area contributed by atoms with Crippen LogP contribution in [-0.2, 0) is 4.74 Å². The fourth-order valence-electron chi connectivity index (χ4n) is 2.94. The maximum Gasteiger partial charge on any atom is 0.0991 e. The zero-order chi connectivity index (χ0) is 19.2. The molecular formula is C21H36N2O2.